The van der Waals surface area contributed by atoms with Crippen molar-refractivity contribution in [3.8, 4) is 5.75 Å². The molecule has 3 N–H and O–H groups in total. The largest absolute Gasteiger partial charge is 0.484 e. The summed E-state index contributed by atoms with van der Waals surface area (Å²) in [6.45, 7) is 1.56. The number of halogens is 1. The van der Waals surface area contributed by atoms with Gasteiger partial charge in [-0.25, -0.2) is 9.18 Å². The summed E-state index contributed by atoms with van der Waals surface area (Å²) in [6.07, 6.45) is 0. The molecule has 1 rings (SSSR count). The van der Waals surface area contributed by atoms with Crippen molar-refractivity contribution in [2.24, 2.45) is 0 Å². The van der Waals surface area contributed by atoms with Crippen LogP contribution in [0.1, 0.15) is 17.3 Å². The third kappa shape index (κ3) is 5.89. The predicted molar refractivity (Wildman–Crippen MR) is 70.5 cm³/mol. The summed E-state index contributed by atoms with van der Waals surface area (Å²) in [5.74, 6) is -2.91. The van der Waals surface area contributed by atoms with E-state index in [-0.39, 0.29) is 24.8 Å². The van der Waals surface area contributed by atoms with Gasteiger partial charge in [-0.15, -0.1) is 0 Å². The van der Waals surface area contributed by atoms with Gasteiger partial charge in [0.2, 0.25) is 5.91 Å². The number of aromatic carboxylic acids is 1. The van der Waals surface area contributed by atoms with Crippen LogP contribution in [0.2, 0.25) is 0 Å². The van der Waals surface area contributed by atoms with Crippen molar-refractivity contribution in [2.45, 2.75) is 6.92 Å². The molecule has 0 bridgehead atoms. The van der Waals surface area contributed by atoms with Crippen molar-refractivity contribution in [1.82, 2.24) is 10.6 Å². The summed E-state index contributed by atoms with van der Waals surface area (Å²) in [5.41, 5.74) is -0.470. The van der Waals surface area contributed by atoms with E-state index >= 15 is 0 Å². The van der Waals surface area contributed by atoms with E-state index in [1.807, 2.05) is 0 Å². The number of carbonyl (C=O) groups is 3. The molecule has 0 saturated carbocycles. The third-order valence-corrected chi connectivity index (χ3v) is 2.36. The maximum Gasteiger partial charge on any atom is 0.338 e. The molecule has 0 saturated heterocycles. The quantitative estimate of drug-likeness (QED) is 0.622. The van der Waals surface area contributed by atoms with Gasteiger partial charge in [-0.05, 0) is 12.1 Å². The fraction of sp³-hybridized carbons (Fsp3) is 0.308. The maximum absolute atomic E-state index is 13.3. The average molecular weight is 298 g/mol. The highest BCUT2D eigenvalue weighted by atomic mass is 19.1. The highest BCUT2D eigenvalue weighted by molar-refractivity contribution is 5.88. The van der Waals surface area contributed by atoms with Crippen LogP contribution in [-0.4, -0.2) is 42.6 Å². The predicted octanol–water partition coefficient (Wildman–Crippen LogP) is 0.155. The molecular weight excluding hydrogens is 283 g/mol. The average Bonchev–Trinajstić information content (AvgIpc) is 2.40. The van der Waals surface area contributed by atoms with Crippen LogP contribution >= 0.6 is 0 Å². The summed E-state index contributed by atoms with van der Waals surface area (Å²) in [7, 11) is 0. The summed E-state index contributed by atoms with van der Waals surface area (Å²) >= 11 is 0. The zero-order valence-corrected chi connectivity index (χ0v) is 11.3. The molecule has 0 aliphatic rings. The molecule has 0 unspecified atom stereocenters. The van der Waals surface area contributed by atoms with E-state index in [0.29, 0.717) is 6.54 Å². The minimum atomic E-state index is -1.38. The first-order valence-electron chi connectivity index (χ1n) is 6.07. The number of hydrogen-bond donors (Lipinski definition) is 3. The SMILES string of the molecule is CC(=O)NCCNC(=O)COc1ccc(C(=O)O)c(F)c1. The van der Waals surface area contributed by atoms with Crippen LogP contribution in [0, 0.1) is 5.82 Å². The van der Waals surface area contributed by atoms with E-state index in [1.165, 1.54) is 13.0 Å². The Morgan fingerprint density at radius 3 is 2.48 bits per heavy atom. The first-order chi connectivity index (χ1) is 9.90. The Hall–Kier alpha value is -2.64. The molecule has 8 heteroatoms. The zero-order chi connectivity index (χ0) is 15.8. The molecule has 0 fully saturated rings. The summed E-state index contributed by atoms with van der Waals surface area (Å²) in [6, 6.07) is 3.22. The van der Waals surface area contributed by atoms with Crippen LogP contribution in [0.4, 0.5) is 4.39 Å². The lowest BCUT2D eigenvalue weighted by atomic mass is 10.2. The van der Waals surface area contributed by atoms with Gasteiger partial charge in [-0.2, -0.15) is 0 Å². The van der Waals surface area contributed by atoms with Gasteiger partial charge in [0.05, 0.1) is 5.56 Å². The van der Waals surface area contributed by atoms with Crippen molar-refractivity contribution in [1.29, 1.82) is 0 Å². The van der Waals surface area contributed by atoms with E-state index in [0.717, 1.165) is 12.1 Å². The van der Waals surface area contributed by atoms with Gasteiger partial charge in [-0.3, -0.25) is 9.59 Å². The molecule has 0 aromatic heterocycles. The Labute approximate surface area is 120 Å². The number of ether oxygens (including phenoxy) is 1. The number of hydrogen-bond acceptors (Lipinski definition) is 4. The second-order valence-corrected chi connectivity index (χ2v) is 4.07. The van der Waals surface area contributed by atoms with Gasteiger partial charge >= 0.3 is 5.97 Å². The third-order valence-electron chi connectivity index (χ3n) is 2.36. The molecule has 114 valence electrons. The van der Waals surface area contributed by atoms with Gasteiger partial charge in [0.1, 0.15) is 11.6 Å². The molecule has 0 heterocycles. The normalized spacial score (nSPS) is 9.81. The lowest BCUT2D eigenvalue weighted by molar-refractivity contribution is -0.123. The molecular formula is C13H15FN2O5. The lowest BCUT2D eigenvalue weighted by Gasteiger charge is -2.08. The van der Waals surface area contributed by atoms with Crippen LogP contribution in [0.3, 0.4) is 0 Å². The van der Waals surface area contributed by atoms with Gasteiger partial charge < -0.3 is 20.5 Å². The van der Waals surface area contributed by atoms with Crippen molar-refractivity contribution < 1.29 is 28.6 Å². The number of carbonyl (C=O) groups excluding carboxylic acids is 2. The number of carboxylic acid groups (broad SMARTS) is 1. The summed E-state index contributed by atoms with van der Waals surface area (Å²) in [4.78, 5) is 32.6. The number of nitrogens with one attached hydrogen (secondary N) is 2. The smallest absolute Gasteiger partial charge is 0.338 e. The molecule has 7 nitrogen and oxygen atoms in total. The van der Waals surface area contributed by atoms with Gasteiger partial charge in [0, 0.05) is 26.1 Å². The second-order valence-electron chi connectivity index (χ2n) is 4.07. The van der Waals surface area contributed by atoms with Crippen LogP contribution in [-0.2, 0) is 9.59 Å². The maximum atomic E-state index is 13.3. The van der Waals surface area contributed by atoms with Crippen LogP contribution in [0.15, 0.2) is 18.2 Å². The Bertz CT molecular complexity index is 547. The van der Waals surface area contributed by atoms with E-state index in [2.05, 4.69) is 10.6 Å². The van der Waals surface area contributed by atoms with Crippen LogP contribution in [0.25, 0.3) is 0 Å². The highest BCUT2D eigenvalue weighted by Gasteiger charge is 2.11. The summed E-state index contributed by atoms with van der Waals surface area (Å²) < 4.78 is 18.4. The molecule has 0 aliphatic heterocycles. The molecule has 1 aromatic rings. The lowest BCUT2D eigenvalue weighted by Crippen LogP contribution is -2.36. The Morgan fingerprint density at radius 1 is 1.24 bits per heavy atom. The standard InChI is InChI=1S/C13H15FN2O5/c1-8(17)15-4-5-16-12(18)7-21-9-2-3-10(13(19)20)11(14)6-9/h2-3,6H,4-5,7H2,1H3,(H,15,17)(H,16,18)(H,19,20). The monoisotopic (exact) mass is 298 g/mol. The van der Waals surface area contributed by atoms with Crippen molar-refractivity contribution in [3.63, 3.8) is 0 Å². The number of carboxylic acids is 1. The zero-order valence-electron chi connectivity index (χ0n) is 11.3. The van der Waals surface area contributed by atoms with Crippen molar-refractivity contribution >= 4 is 17.8 Å². The highest BCUT2D eigenvalue weighted by Crippen LogP contribution is 2.16. The molecule has 0 radical (unpaired) electrons. The Balaban J connectivity index is 2.38. The van der Waals surface area contributed by atoms with E-state index in [9.17, 15) is 18.8 Å². The second kappa shape index (κ2) is 7.83. The molecule has 0 atom stereocenters. The molecule has 0 aliphatic carbocycles. The number of amides is 2. The van der Waals surface area contributed by atoms with E-state index in [1.54, 1.807) is 0 Å². The van der Waals surface area contributed by atoms with Crippen molar-refractivity contribution in [2.75, 3.05) is 19.7 Å². The minimum absolute atomic E-state index is 0.0505. The topological polar surface area (TPSA) is 105 Å². The van der Waals surface area contributed by atoms with Crippen LogP contribution < -0.4 is 15.4 Å². The van der Waals surface area contributed by atoms with Gasteiger partial charge in [-0.1, -0.05) is 0 Å². The Morgan fingerprint density at radius 2 is 1.90 bits per heavy atom. The van der Waals surface area contributed by atoms with E-state index in [4.69, 9.17) is 9.84 Å². The molecule has 1 aromatic carbocycles. The first kappa shape index (κ1) is 16.4. The fourth-order valence-corrected chi connectivity index (χ4v) is 1.40. The number of rotatable bonds is 7. The number of benzene rings is 1. The van der Waals surface area contributed by atoms with Crippen LogP contribution in [0.5, 0.6) is 5.75 Å². The minimum Gasteiger partial charge on any atom is -0.484 e. The van der Waals surface area contributed by atoms with Crippen molar-refractivity contribution in [3.05, 3.63) is 29.6 Å². The fourth-order valence-electron chi connectivity index (χ4n) is 1.40. The Kier molecular flexibility index (Phi) is 6.12. The molecule has 2 amide bonds. The molecule has 21 heavy (non-hydrogen) atoms. The van der Waals surface area contributed by atoms with Gasteiger partial charge in [0.15, 0.2) is 6.61 Å². The summed E-state index contributed by atoms with van der Waals surface area (Å²) in [5, 5.41) is 13.6. The van der Waals surface area contributed by atoms with E-state index < -0.39 is 23.3 Å². The molecule has 0 spiro atoms. The van der Waals surface area contributed by atoms with Gasteiger partial charge in [0.25, 0.3) is 5.91 Å². The first-order valence-corrected chi connectivity index (χ1v) is 6.07.